The van der Waals surface area contributed by atoms with Gasteiger partial charge in [-0.3, -0.25) is 19.5 Å². The van der Waals surface area contributed by atoms with E-state index in [9.17, 15) is 23.3 Å². The lowest BCUT2D eigenvalue weighted by atomic mass is 10.2. The molecule has 0 aliphatic heterocycles. The summed E-state index contributed by atoms with van der Waals surface area (Å²) in [5.41, 5.74) is 4.66. The Morgan fingerprint density at radius 1 is 1.50 bits per heavy atom. The molecule has 3 N–H and O–H groups in total. The molecule has 0 unspecified atom stereocenters. The minimum atomic E-state index is -4.73. The Bertz CT molecular complexity index is 642. The molecule has 110 valence electrons. The van der Waals surface area contributed by atoms with E-state index in [2.05, 4.69) is 0 Å². The summed E-state index contributed by atoms with van der Waals surface area (Å²) in [5, 5.41) is 10.6. The van der Waals surface area contributed by atoms with Crippen molar-refractivity contribution < 1.29 is 22.7 Å². The zero-order valence-corrected chi connectivity index (χ0v) is 11.3. The highest BCUT2D eigenvalue weighted by Crippen LogP contribution is 2.29. The predicted octanol–water partition coefficient (Wildman–Crippen LogP) is 0.153. The molecule has 1 rings (SSSR count). The van der Waals surface area contributed by atoms with E-state index in [1.165, 1.54) is 6.92 Å². The highest BCUT2D eigenvalue weighted by molar-refractivity contribution is 7.86. The Morgan fingerprint density at radius 3 is 2.50 bits per heavy atom. The number of nitrogens with zero attached hydrogens (tertiary/aromatic N) is 2. The first-order valence-corrected chi connectivity index (χ1v) is 6.86. The van der Waals surface area contributed by atoms with Crippen molar-refractivity contribution in [3.63, 3.8) is 0 Å². The zero-order valence-electron chi connectivity index (χ0n) is 10.5. The normalized spacial score (nSPS) is 11.2. The fourth-order valence-corrected chi connectivity index (χ4v) is 2.33. The monoisotopic (exact) mass is 303 g/mol. The largest absolute Gasteiger partial charge is 0.329 e. The van der Waals surface area contributed by atoms with Gasteiger partial charge in [-0.2, -0.15) is 8.42 Å². The third-order valence-electron chi connectivity index (χ3n) is 2.46. The highest BCUT2D eigenvalue weighted by atomic mass is 32.2. The minimum Gasteiger partial charge on any atom is -0.329 e. The van der Waals surface area contributed by atoms with Gasteiger partial charge in [0.2, 0.25) is 5.91 Å². The van der Waals surface area contributed by atoms with Crippen molar-refractivity contribution in [1.29, 1.82) is 0 Å². The molecule has 0 spiro atoms. The number of nitro benzene ring substituents is 1. The summed E-state index contributed by atoms with van der Waals surface area (Å²) >= 11 is 0. The maximum Gasteiger partial charge on any atom is 0.296 e. The molecule has 0 saturated carbocycles. The molecular formula is C10H13N3O6S. The summed E-state index contributed by atoms with van der Waals surface area (Å²) in [6, 6.07) is 2.81. The molecule has 0 aromatic heterocycles. The molecule has 1 amide bonds. The van der Waals surface area contributed by atoms with Crippen molar-refractivity contribution in [2.24, 2.45) is 5.73 Å². The Morgan fingerprint density at radius 2 is 2.10 bits per heavy atom. The van der Waals surface area contributed by atoms with Gasteiger partial charge in [-0.25, -0.2) is 0 Å². The Balaban J connectivity index is 3.53. The summed E-state index contributed by atoms with van der Waals surface area (Å²) < 4.78 is 31.8. The van der Waals surface area contributed by atoms with Crippen LogP contribution in [0.3, 0.4) is 0 Å². The quantitative estimate of drug-likeness (QED) is 0.447. The van der Waals surface area contributed by atoms with E-state index in [0.717, 1.165) is 17.0 Å². The molecule has 0 radical (unpaired) electrons. The minimum absolute atomic E-state index is 0.00959. The molecule has 10 heteroatoms. The van der Waals surface area contributed by atoms with Gasteiger partial charge in [-0.05, 0) is 6.07 Å². The second-order valence-corrected chi connectivity index (χ2v) is 5.23. The standard InChI is InChI=1S/C10H13N3O6S/c1-7(14)12(5-4-11)9-3-2-8(13(15)16)6-10(9)20(17,18)19/h2-3,6H,4-5,11H2,1H3,(H,17,18,19). The summed E-state index contributed by atoms with van der Waals surface area (Å²) in [4.78, 5) is 21.6. The van der Waals surface area contributed by atoms with E-state index in [4.69, 9.17) is 10.3 Å². The summed E-state index contributed by atoms with van der Waals surface area (Å²) in [7, 11) is -4.73. The second kappa shape index (κ2) is 5.94. The van der Waals surface area contributed by atoms with Crippen LogP contribution in [0, 0.1) is 10.1 Å². The van der Waals surface area contributed by atoms with Gasteiger partial charge in [0.05, 0.1) is 10.6 Å². The number of carbonyl (C=O) groups is 1. The van der Waals surface area contributed by atoms with Crippen LogP contribution in [0.15, 0.2) is 23.1 Å². The van der Waals surface area contributed by atoms with Crippen LogP contribution in [0.25, 0.3) is 0 Å². The van der Waals surface area contributed by atoms with Gasteiger partial charge < -0.3 is 10.6 Å². The number of hydrogen-bond donors (Lipinski definition) is 2. The molecule has 1 aromatic carbocycles. The molecule has 0 fully saturated rings. The first-order valence-electron chi connectivity index (χ1n) is 5.42. The zero-order chi connectivity index (χ0) is 15.5. The number of rotatable bonds is 5. The number of hydrogen-bond acceptors (Lipinski definition) is 6. The SMILES string of the molecule is CC(=O)N(CCN)c1ccc([N+](=O)[O-])cc1S(=O)(=O)O. The average molecular weight is 303 g/mol. The van der Waals surface area contributed by atoms with Crippen LogP contribution in [-0.4, -0.2) is 36.9 Å². The number of nitro groups is 1. The lowest BCUT2D eigenvalue weighted by molar-refractivity contribution is -0.385. The molecule has 0 aliphatic carbocycles. The van der Waals surface area contributed by atoms with Gasteiger partial charge in [0.1, 0.15) is 4.90 Å². The molecule has 0 aliphatic rings. The van der Waals surface area contributed by atoms with Crippen LogP contribution in [-0.2, 0) is 14.9 Å². The number of anilines is 1. The van der Waals surface area contributed by atoms with Gasteiger partial charge in [0.15, 0.2) is 0 Å². The Labute approximate surface area is 114 Å². The number of carbonyl (C=O) groups excluding carboxylic acids is 1. The molecule has 9 nitrogen and oxygen atoms in total. The predicted molar refractivity (Wildman–Crippen MR) is 70.0 cm³/mol. The fraction of sp³-hybridized carbons (Fsp3) is 0.300. The summed E-state index contributed by atoms with van der Waals surface area (Å²) in [6.07, 6.45) is 0. The van der Waals surface area contributed by atoms with Crippen LogP contribution in [0.5, 0.6) is 0 Å². The molecule has 0 heterocycles. The fourth-order valence-electron chi connectivity index (χ4n) is 1.62. The lowest BCUT2D eigenvalue weighted by Gasteiger charge is -2.22. The number of amides is 1. The van der Waals surface area contributed by atoms with E-state index in [0.29, 0.717) is 6.07 Å². The Hall–Kier alpha value is -2.04. The Kier molecular flexibility index (Phi) is 4.76. The van der Waals surface area contributed by atoms with Crippen LogP contribution in [0.4, 0.5) is 11.4 Å². The smallest absolute Gasteiger partial charge is 0.296 e. The molecule has 20 heavy (non-hydrogen) atoms. The number of non-ortho nitro benzene ring substituents is 1. The van der Waals surface area contributed by atoms with Gasteiger partial charge in [0, 0.05) is 32.1 Å². The highest BCUT2D eigenvalue weighted by Gasteiger charge is 2.25. The molecule has 1 aromatic rings. The summed E-state index contributed by atoms with van der Waals surface area (Å²) in [6.45, 7) is 1.25. The van der Waals surface area contributed by atoms with E-state index < -0.39 is 31.5 Å². The van der Waals surface area contributed by atoms with E-state index in [-0.39, 0.29) is 18.8 Å². The first kappa shape index (κ1) is 16.0. The van der Waals surface area contributed by atoms with Gasteiger partial charge in [-0.1, -0.05) is 0 Å². The molecule has 0 atom stereocenters. The van der Waals surface area contributed by atoms with Crippen LogP contribution < -0.4 is 10.6 Å². The van der Waals surface area contributed by atoms with Gasteiger partial charge in [-0.15, -0.1) is 0 Å². The van der Waals surface area contributed by atoms with Crippen LogP contribution >= 0.6 is 0 Å². The second-order valence-electron chi connectivity index (χ2n) is 3.84. The average Bonchev–Trinajstić information content (AvgIpc) is 2.33. The number of nitrogens with two attached hydrogens (primary N) is 1. The van der Waals surface area contributed by atoms with Crippen molar-refractivity contribution in [3.8, 4) is 0 Å². The van der Waals surface area contributed by atoms with Crippen molar-refractivity contribution in [1.82, 2.24) is 0 Å². The van der Waals surface area contributed by atoms with E-state index in [1.54, 1.807) is 0 Å². The maximum absolute atomic E-state index is 11.5. The molecular weight excluding hydrogens is 290 g/mol. The van der Waals surface area contributed by atoms with E-state index >= 15 is 0 Å². The van der Waals surface area contributed by atoms with E-state index in [1.807, 2.05) is 0 Å². The van der Waals surface area contributed by atoms with Gasteiger partial charge in [0.25, 0.3) is 15.8 Å². The third kappa shape index (κ3) is 3.50. The topological polar surface area (TPSA) is 144 Å². The van der Waals surface area contributed by atoms with Crippen LogP contribution in [0.1, 0.15) is 6.92 Å². The molecule has 0 saturated heterocycles. The van der Waals surface area contributed by atoms with Crippen molar-refractivity contribution >= 4 is 27.4 Å². The van der Waals surface area contributed by atoms with Crippen LogP contribution in [0.2, 0.25) is 0 Å². The molecule has 0 bridgehead atoms. The van der Waals surface area contributed by atoms with Crippen molar-refractivity contribution in [2.75, 3.05) is 18.0 Å². The van der Waals surface area contributed by atoms with Gasteiger partial charge >= 0.3 is 0 Å². The first-order chi connectivity index (χ1) is 9.18. The lowest BCUT2D eigenvalue weighted by Crippen LogP contribution is -2.34. The van der Waals surface area contributed by atoms with Crippen molar-refractivity contribution in [2.45, 2.75) is 11.8 Å². The summed E-state index contributed by atoms with van der Waals surface area (Å²) in [5.74, 6) is -0.505. The third-order valence-corrected chi connectivity index (χ3v) is 3.34. The number of benzene rings is 1. The van der Waals surface area contributed by atoms with Crippen molar-refractivity contribution in [3.05, 3.63) is 28.3 Å². The maximum atomic E-state index is 11.5.